The Bertz CT molecular complexity index is 470. The van der Waals surface area contributed by atoms with E-state index in [0.29, 0.717) is 23.5 Å². The van der Waals surface area contributed by atoms with Gasteiger partial charge < -0.3 is 14.3 Å². The van der Waals surface area contributed by atoms with E-state index in [2.05, 4.69) is 15.9 Å². The maximum Gasteiger partial charge on any atom is 0.231 e. The molecule has 1 unspecified atom stereocenters. The zero-order chi connectivity index (χ0) is 12.4. The third kappa shape index (κ3) is 2.07. The van der Waals surface area contributed by atoms with Crippen molar-refractivity contribution in [3.63, 3.8) is 0 Å². The van der Waals surface area contributed by atoms with Crippen molar-refractivity contribution in [3.8, 4) is 11.5 Å². The second-order valence-corrected chi connectivity index (χ2v) is 4.70. The van der Waals surface area contributed by atoms with Crippen LogP contribution in [0, 0.1) is 0 Å². The van der Waals surface area contributed by atoms with Gasteiger partial charge in [-0.25, -0.2) is 0 Å². The Labute approximate surface area is 107 Å². The van der Waals surface area contributed by atoms with Gasteiger partial charge in [-0.1, -0.05) is 22.9 Å². The monoisotopic (exact) mass is 298 g/mol. The van der Waals surface area contributed by atoms with Crippen LogP contribution in [0.1, 0.15) is 35.2 Å². The zero-order valence-electron chi connectivity index (χ0n) is 9.23. The lowest BCUT2D eigenvalue weighted by Crippen LogP contribution is -2.00. The second kappa shape index (κ2) is 4.87. The highest BCUT2D eigenvalue weighted by Gasteiger charge is 2.26. The van der Waals surface area contributed by atoms with Crippen molar-refractivity contribution in [1.82, 2.24) is 0 Å². The number of hydrogen-bond acceptors (Lipinski definition) is 4. The van der Waals surface area contributed by atoms with Crippen LogP contribution in [0.15, 0.2) is 10.5 Å². The van der Waals surface area contributed by atoms with Gasteiger partial charge in [-0.3, -0.25) is 4.79 Å². The van der Waals surface area contributed by atoms with Crippen molar-refractivity contribution in [2.75, 3.05) is 6.79 Å². The van der Waals surface area contributed by atoms with Crippen molar-refractivity contribution in [2.45, 2.75) is 19.3 Å². The summed E-state index contributed by atoms with van der Waals surface area (Å²) in [5, 5.41) is 0. The van der Waals surface area contributed by atoms with Gasteiger partial charge in [0.25, 0.3) is 0 Å². The van der Waals surface area contributed by atoms with Gasteiger partial charge in [-0.05, 0) is 12.0 Å². The van der Waals surface area contributed by atoms with Crippen molar-refractivity contribution in [2.24, 2.45) is 0 Å². The number of carbonyl (C=O) groups excluding carboxylic acids is 2. The molecule has 1 atom stereocenters. The first-order chi connectivity index (χ1) is 8.19. The number of hydrogen-bond donors (Lipinski definition) is 0. The number of halogens is 1. The van der Waals surface area contributed by atoms with Gasteiger partial charge in [0.1, 0.15) is 6.29 Å². The first-order valence-corrected chi connectivity index (χ1v) is 5.99. The molecule has 2 rings (SSSR count). The van der Waals surface area contributed by atoms with E-state index in [0.717, 1.165) is 22.6 Å². The molecule has 0 spiro atoms. The van der Waals surface area contributed by atoms with Gasteiger partial charge in [0, 0.05) is 16.5 Å². The molecule has 1 aliphatic rings. The molecule has 1 aliphatic heterocycles. The van der Waals surface area contributed by atoms with Gasteiger partial charge in [0.15, 0.2) is 17.8 Å². The van der Waals surface area contributed by atoms with E-state index in [1.807, 2.05) is 6.92 Å². The number of ether oxygens (including phenoxy) is 2. The summed E-state index contributed by atoms with van der Waals surface area (Å²) in [5.74, 6) is 1.05. The molecule has 0 saturated carbocycles. The third-order valence-corrected chi connectivity index (χ3v) is 3.38. The quantitative estimate of drug-likeness (QED) is 0.802. The Kier molecular flexibility index (Phi) is 3.47. The van der Waals surface area contributed by atoms with Crippen molar-refractivity contribution in [1.29, 1.82) is 0 Å². The average molecular weight is 299 g/mol. The summed E-state index contributed by atoms with van der Waals surface area (Å²) in [7, 11) is 0. The van der Waals surface area contributed by atoms with Gasteiger partial charge in [0.2, 0.25) is 6.79 Å². The molecule has 17 heavy (non-hydrogen) atoms. The number of rotatable bonds is 4. The molecule has 1 heterocycles. The summed E-state index contributed by atoms with van der Waals surface area (Å²) in [4.78, 5) is 21.5. The largest absolute Gasteiger partial charge is 0.453 e. The smallest absolute Gasteiger partial charge is 0.231 e. The van der Waals surface area contributed by atoms with Gasteiger partial charge in [0.05, 0.1) is 5.56 Å². The van der Waals surface area contributed by atoms with Crippen LogP contribution in [0.4, 0.5) is 0 Å². The molecular weight excluding hydrogens is 288 g/mol. The van der Waals surface area contributed by atoms with E-state index < -0.39 is 0 Å². The van der Waals surface area contributed by atoms with Crippen LogP contribution in [0.5, 0.6) is 11.5 Å². The van der Waals surface area contributed by atoms with E-state index >= 15 is 0 Å². The van der Waals surface area contributed by atoms with Crippen LogP contribution in [0.2, 0.25) is 0 Å². The Morgan fingerprint density at radius 3 is 2.76 bits per heavy atom. The molecule has 0 radical (unpaired) electrons. The molecule has 0 fully saturated rings. The highest BCUT2D eigenvalue weighted by molar-refractivity contribution is 9.10. The van der Waals surface area contributed by atoms with Crippen LogP contribution in [0.25, 0.3) is 0 Å². The predicted molar refractivity (Wildman–Crippen MR) is 64.7 cm³/mol. The van der Waals surface area contributed by atoms with Crippen LogP contribution in [0.3, 0.4) is 0 Å². The average Bonchev–Trinajstić information content (AvgIpc) is 2.76. The van der Waals surface area contributed by atoms with E-state index in [1.54, 1.807) is 6.07 Å². The maximum atomic E-state index is 10.9. The van der Waals surface area contributed by atoms with Gasteiger partial charge in [-0.15, -0.1) is 0 Å². The fourth-order valence-electron chi connectivity index (χ4n) is 1.89. The van der Waals surface area contributed by atoms with Crippen LogP contribution >= 0.6 is 15.9 Å². The Morgan fingerprint density at radius 1 is 1.41 bits per heavy atom. The molecule has 0 aromatic heterocycles. The molecule has 0 N–H and O–H groups in total. The van der Waals surface area contributed by atoms with Crippen LogP contribution in [-0.4, -0.2) is 19.4 Å². The van der Waals surface area contributed by atoms with Crippen LogP contribution < -0.4 is 9.47 Å². The first kappa shape index (κ1) is 12.1. The lowest BCUT2D eigenvalue weighted by atomic mass is 9.95. The maximum absolute atomic E-state index is 10.9. The minimum atomic E-state index is 0.0121. The van der Waals surface area contributed by atoms with E-state index in [1.165, 1.54) is 0 Å². The molecular formula is C12H11BrO4. The topological polar surface area (TPSA) is 52.6 Å². The number of fused-ring (bicyclic) bond motifs is 1. The van der Waals surface area contributed by atoms with Crippen molar-refractivity contribution in [3.05, 3.63) is 21.7 Å². The summed E-state index contributed by atoms with van der Waals surface area (Å²) < 4.78 is 11.4. The number of carbonyl (C=O) groups is 2. The fraction of sp³-hybridized carbons (Fsp3) is 0.333. The molecule has 4 nitrogen and oxygen atoms in total. The second-order valence-electron chi connectivity index (χ2n) is 3.85. The number of benzene rings is 1. The summed E-state index contributed by atoms with van der Waals surface area (Å²) in [6.07, 6.45) is 1.99. The molecule has 1 aromatic carbocycles. The summed E-state index contributed by atoms with van der Waals surface area (Å²) in [6.45, 7) is 2.03. The molecule has 0 saturated heterocycles. The Hall–Kier alpha value is -1.36. The molecule has 0 bridgehead atoms. The van der Waals surface area contributed by atoms with Crippen molar-refractivity contribution < 1.29 is 19.1 Å². The lowest BCUT2D eigenvalue weighted by molar-refractivity contribution is -0.108. The summed E-state index contributed by atoms with van der Waals surface area (Å²) in [6, 6.07) is 1.69. The normalized spacial score (nSPS) is 14.5. The molecule has 5 heteroatoms. The fourth-order valence-corrected chi connectivity index (χ4v) is 2.71. The molecule has 0 amide bonds. The Balaban J connectivity index is 2.56. The minimum absolute atomic E-state index is 0.0121. The predicted octanol–water partition coefficient (Wildman–Crippen LogP) is 2.68. The molecule has 0 aliphatic carbocycles. The first-order valence-electron chi connectivity index (χ1n) is 5.19. The van der Waals surface area contributed by atoms with Crippen molar-refractivity contribution >= 4 is 28.5 Å². The van der Waals surface area contributed by atoms with Crippen LogP contribution in [-0.2, 0) is 4.79 Å². The third-order valence-electron chi connectivity index (χ3n) is 2.73. The standard InChI is InChI=1S/C12H11BrO4/c1-7(2-3-14)10-9(13)4-8(5-15)11-12(10)17-6-16-11/h3-5,7H,2,6H2,1H3. The Morgan fingerprint density at radius 2 is 2.12 bits per heavy atom. The number of aldehydes is 2. The molecule has 90 valence electrons. The SMILES string of the molecule is CC(CC=O)c1c(Br)cc(C=O)c2c1OCO2. The van der Waals surface area contributed by atoms with E-state index in [-0.39, 0.29) is 12.7 Å². The lowest BCUT2D eigenvalue weighted by Gasteiger charge is -2.14. The minimum Gasteiger partial charge on any atom is -0.453 e. The summed E-state index contributed by atoms with van der Waals surface area (Å²) in [5.41, 5.74) is 1.32. The van der Waals surface area contributed by atoms with Gasteiger partial charge >= 0.3 is 0 Å². The highest BCUT2D eigenvalue weighted by atomic mass is 79.9. The van der Waals surface area contributed by atoms with E-state index in [4.69, 9.17) is 9.47 Å². The summed E-state index contributed by atoms with van der Waals surface area (Å²) >= 11 is 3.40. The highest BCUT2D eigenvalue weighted by Crippen LogP contribution is 2.45. The zero-order valence-corrected chi connectivity index (χ0v) is 10.8. The molecule has 1 aromatic rings. The van der Waals surface area contributed by atoms with Gasteiger partial charge in [-0.2, -0.15) is 0 Å². The van der Waals surface area contributed by atoms with E-state index in [9.17, 15) is 9.59 Å².